The van der Waals surface area contributed by atoms with E-state index in [1.165, 1.54) is 18.2 Å². The van der Waals surface area contributed by atoms with Crippen LogP contribution in [0.5, 0.6) is 0 Å². The predicted octanol–water partition coefficient (Wildman–Crippen LogP) is 6.36. The molecule has 3 aromatic rings. The van der Waals surface area contributed by atoms with Crippen molar-refractivity contribution >= 4 is 40.5 Å². The summed E-state index contributed by atoms with van der Waals surface area (Å²) in [5.74, 6) is -0.242. The van der Waals surface area contributed by atoms with Crippen LogP contribution in [-0.4, -0.2) is 4.92 Å². The highest BCUT2D eigenvalue weighted by atomic mass is 35.5. The second kappa shape index (κ2) is 7.62. The molecule has 0 saturated carbocycles. The third-order valence-electron chi connectivity index (χ3n) is 3.69. The molecular weight excluding hydrogens is 394 g/mol. The molecule has 0 radical (unpaired) electrons. The van der Waals surface area contributed by atoms with Crippen molar-refractivity contribution in [2.75, 3.05) is 0 Å². The Morgan fingerprint density at radius 1 is 1.15 bits per heavy atom. The zero-order chi connectivity index (χ0) is 19.6. The zero-order valence-corrected chi connectivity index (χ0v) is 15.0. The lowest BCUT2D eigenvalue weighted by Gasteiger charge is -2.02. The van der Waals surface area contributed by atoms with Crippen LogP contribution in [0.2, 0.25) is 10.0 Å². The predicted molar refractivity (Wildman–Crippen MR) is 101 cm³/mol. The first-order chi connectivity index (χ1) is 12.9. The van der Waals surface area contributed by atoms with Crippen molar-refractivity contribution in [2.45, 2.75) is 0 Å². The average Bonchev–Trinajstić information content (AvgIpc) is 3.10. The molecule has 0 saturated heterocycles. The summed E-state index contributed by atoms with van der Waals surface area (Å²) in [5, 5.41) is 21.2. The van der Waals surface area contributed by atoms with E-state index in [9.17, 15) is 19.8 Å². The Hall–Kier alpha value is -3.14. The van der Waals surface area contributed by atoms with E-state index in [1.54, 1.807) is 24.3 Å². The van der Waals surface area contributed by atoms with Gasteiger partial charge in [0.05, 0.1) is 38.2 Å². The largest absolute Gasteiger partial charge is 0.456 e. The first-order valence-corrected chi connectivity index (χ1v) is 8.26. The number of furan rings is 1. The molecule has 1 heterocycles. The molecule has 5 nitrogen and oxygen atoms in total. The summed E-state index contributed by atoms with van der Waals surface area (Å²) in [6.07, 6.45) is 1.47. The van der Waals surface area contributed by atoms with Gasteiger partial charge in [-0.2, -0.15) is 5.26 Å². The molecule has 0 bridgehead atoms. The number of allylic oxidation sites excluding steroid dienone is 1. The van der Waals surface area contributed by atoms with E-state index in [0.29, 0.717) is 21.4 Å². The van der Waals surface area contributed by atoms with Gasteiger partial charge in [0, 0.05) is 0 Å². The van der Waals surface area contributed by atoms with Gasteiger partial charge in [-0.05, 0) is 48.0 Å². The normalized spacial score (nSPS) is 11.3. The highest BCUT2D eigenvalue weighted by molar-refractivity contribution is 6.42. The van der Waals surface area contributed by atoms with Crippen LogP contribution < -0.4 is 0 Å². The quantitative estimate of drug-likeness (QED) is 0.288. The molecule has 134 valence electrons. The maximum Gasteiger partial charge on any atom is 0.283 e. The molecule has 0 N–H and O–H groups in total. The summed E-state index contributed by atoms with van der Waals surface area (Å²) in [6.45, 7) is 0. The minimum atomic E-state index is -0.719. The van der Waals surface area contributed by atoms with Gasteiger partial charge in [-0.1, -0.05) is 29.3 Å². The van der Waals surface area contributed by atoms with E-state index < -0.39 is 16.4 Å². The van der Waals surface area contributed by atoms with Gasteiger partial charge in [0.1, 0.15) is 17.3 Å². The molecule has 0 aliphatic rings. The molecule has 8 heteroatoms. The number of rotatable bonds is 4. The third kappa shape index (κ3) is 4.00. The van der Waals surface area contributed by atoms with Crippen LogP contribution in [0.15, 0.2) is 52.9 Å². The average molecular weight is 403 g/mol. The fourth-order valence-corrected chi connectivity index (χ4v) is 2.72. The lowest BCUT2D eigenvalue weighted by atomic mass is 10.1. The molecule has 0 aliphatic heterocycles. The topological polar surface area (TPSA) is 80.1 Å². The number of nitrogens with zero attached hydrogens (tertiary/aromatic N) is 2. The summed E-state index contributed by atoms with van der Waals surface area (Å²) in [6, 6.07) is 13.1. The second-order valence-corrected chi connectivity index (χ2v) is 6.23. The maximum absolute atomic E-state index is 13.3. The Morgan fingerprint density at radius 3 is 2.59 bits per heavy atom. The van der Waals surface area contributed by atoms with Crippen LogP contribution in [0.25, 0.3) is 23.0 Å². The van der Waals surface area contributed by atoms with Crippen molar-refractivity contribution in [1.29, 1.82) is 5.26 Å². The van der Waals surface area contributed by atoms with Gasteiger partial charge in [0.25, 0.3) is 5.69 Å². The molecule has 0 atom stereocenters. The molecule has 3 rings (SSSR count). The minimum Gasteiger partial charge on any atom is -0.456 e. The highest BCUT2D eigenvalue weighted by Gasteiger charge is 2.19. The number of hydrogen-bond acceptors (Lipinski definition) is 4. The van der Waals surface area contributed by atoms with Crippen molar-refractivity contribution in [2.24, 2.45) is 0 Å². The van der Waals surface area contributed by atoms with Crippen LogP contribution in [0.1, 0.15) is 11.3 Å². The molecule has 27 heavy (non-hydrogen) atoms. The monoisotopic (exact) mass is 402 g/mol. The van der Waals surface area contributed by atoms with E-state index in [1.807, 2.05) is 6.07 Å². The van der Waals surface area contributed by atoms with Gasteiger partial charge >= 0.3 is 0 Å². The van der Waals surface area contributed by atoms with Crippen LogP contribution in [0, 0.1) is 27.3 Å². The first-order valence-electron chi connectivity index (χ1n) is 7.50. The molecule has 0 aliphatic carbocycles. The van der Waals surface area contributed by atoms with Crippen molar-refractivity contribution in [1.82, 2.24) is 0 Å². The molecule has 0 spiro atoms. The summed E-state index contributed by atoms with van der Waals surface area (Å²) >= 11 is 11.9. The summed E-state index contributed by atoms with van der Waals surface area (Å²) in [5.41, 5.74) is 0.527. The third-order valence-corrected chi connectivity index (χ3v) is 4.43. The molecule has 0 amide bonds. The molecule has 0 unspecified atom stereocenters. The number of halogens is 3. The van der Waals surface area contributed by atoms with Crippen LogP contribution in [0.3, 0.4) is 0 Å². The van der Waals surface area contributed by atoms with Crippen LogP contribution in [-0.2, 0) is 0 Å². The molecule has 2 aromatic carbocycles. The van der Waals surface area contributed by atoms with Gasteiger partial charge in [-0.3, -0.25) is 10.1 Å². The fourth-order valence-electron chi connectivity index (χ4n) is 2.43. The number of hydrogen-bond donors (Lipinski definition) is 0. The summed E-state index contributed by atoms with van der Waals surface area (Å²) in [7, 11) is 0. The number of nitriles is 1. The minimum absolute atomic E-state index is 0.133. The Bertz CT molecular complexity index is 1120. The Balaban J connectivity index is 2.00. The van der Waals surface area contributed by atoms with E-state index in [2.05, 4.69) is 0 Å². The SMILES string of the molecule is N#C/C(=C/c1ccc(-c2ccc(F)cc2[N+](=O)[O-])o1)c1ccc(Cl)c(Cl)c1. The first kappa shape index (κ1) is 18.6. The van der Waals surface area contributed by atoms with E-state index in [-0.39, 0.29) is 16.9 Å². The van der Waals surface area contributed by atoms with E-state index >= 15 is 0 Å². The Labute approximate surface area is 163 Å². The van der Waals surface area contributed by atoms with Crippen molar-refractivity contribution in [3.05, 3.63) is 85.8 Å². The lowest BCUT2D eigenvalue weighted by molar-refractivity contribution is -0.384. The lowest BCUT2D eigenvalue weighted by Crippen LogP contribution is -1.92. The van der Waals surface area contributed by atoms with Crippen molar-refractivity contribution in [3.8, 4) is 17.4 Å². The standard InChI is InChI=1S/C19H9Cl2FN2O3/c20-16-5-1-11(8-17(16)21)12(10-23)7-14-3-6-19(27-14)15-4-2-13(22)9-18(15)24(25)26/h1-9H/b12-7-. The smallest absolute Gasteiger partial charge is 0.283 e. The molecule has 0 fully saturated rings. The van der Waals surface area contributed by atoms with Gasteiger partial charge in [-0.25, -0.2) is 4.39 Å². The Morgan fingerprint density at radius 2 is 1.93 bits per heavy atom. The van der Waals surface area contributed by atoms with Gasteiger partial charge in [0.2, 0.25) is 0 Å². The van der Waals surface area contributed by atoms with Gasteiger partial charge < -0.3 is 4.42 Å². The van der Waals surface area contributed by atoms with Gasteiger partial charge in [-0.15, -0.1) is 0 Å². The summed E-state index contributed by atoms with van der Waals surface area (Å²) in [4.78, 5) is 10.5. The molecule has 1 aromatic heterocycles. The number of benzene rings is 2. The van der Waals surface area contributed by atoms with Gasteiger partial charge in [0.15, 0.2) is 0 Å². The zero-order valence-electron chi connectivity index (χ0n) is 13.4. The van der Waals surface area contributed by atoms with E-state index in [4.69, 9.17) is 27.6 Å². The summed E-state index contributed by atoms with van der Waals surface area (Å²) < 4.78 is 18.9. The second-order valence-electron chi connectivity index (χ2n) is 5.42. The van der Waals surface area contributed by atoms with Crippen molar-refractivity contribution in [3.63, 3.8) is 0 Å². The van der Waals surface area contributed by atoms with Crippen LogP contribution in [0.4, 0.5) is 10.1 Å². The highest BCUT2D eigenvalue weighted by Crippen LogP contribution is 2.33. The number of nitro groups is 1. The van der Waals surface area contributed by atoms with Crippen molar-refractivity contribution < 1.29 is 13.7 Å². The number of nitro benzene ring substituents is 1. The molecular formula is C19H9Cl2FN2O3. The maximum atomic E-state index is 13.3. The Kier molecular flexibility index (Phi) is 5.26. The fraction of sp³-hybridized carbons (Fsp3) is 0. The van der Waals surface area contributed by atoms with Crippen LogP contribution >= 0.6 is 23.2 Å². The van der Waals surface area contributed by atoms with E-state index in [0.717, 1.165) is 12.1 Å².